The van der Waals surface area contributed by atoms with E-state index in [-0.39, 0.29) is 12.0 Å². The lowest BCUT2D eigenvalue weighted by Crippen LogP contribution is -2.36. The van der Waals surface area contributed by atoms with Gasteiger partial charge in [-0.2, -0.15) is 0 Å². The number of esters is 1. The fraction of sp³-hybridized carbons (Fsp3) is 0.357. The quantitative estimate of drug-likeness (QED) is 0.831. The molecule has 1 N–H and O–H groups in total. The second-order valence-corrected chi connectivity index (χ2v) is 4.35. The number of likely N-dealkylation sites (N-methyl/N-ethyl adjacent to an activating group) is 1. The monoisotopic (exact) mass is 246 g/mol. The van der Waals surface area contributed by atoms with Crippen LogP contribution in [0.2, 0.25) is 0 Å². The Morgan fingerprint density at radius 1 is 1.44 bits per heavy atom. The molecule has 0 saturated heterocycles. The summed E-state index contributed by atoms with van der Waals surface area (Å²) in [5.74, 6) is -0.231. The van der Waals surface area contributed by atoms with Gasteiger partial charge in [0, 0.05) is 30.6 Å². The predicted octanol–water partition coefficient (Wildman–Crippen LogP) is 1.48. The summed E-state index contributed by atoms with van der Waals surface area (Å²) in [6.45, 7) is 0. The third-order valence-electron chi connectivity index (χ3n) is 3.24. The van der Waals surface area contributed by atoms with Crippen molar-refractivity contribution in [2.45, 2.75) is 12.5 Å². The van der Waals surface area contributed by atoms with Gasteiger partial charge in [0.15, 0.2) is 0 Å². The largest absolute Gasteiger partial charge is 0.468 e. The maximum absolute atomic E-state index is 11.6. The first-order chi connectivity index (χ1) is 8.67. The molecule has 96 valence electrons. The van der Waals surface area contributed by atoms with Gasteiger partial charge in [-0.3, -0.25) is 4.79 Å². The molecule has 0 fully saturated rings. The summed E-state index contributed by atoms with van der Waals surface area (Å²) in [4.78, 5) is 11.6. The number of nitrogens with zero attached hydrogens (tertiary/aromatic N) is 1. The molecule has 1 heterocycles. The fourth-order valence-corrected chi connectivity index (χ4v) is 2.25. The van der Waals surface area contributed by atoms with Crippen molar-refractivity contribution in [2.75, 3.05) is 14.2 Å². The number of hydrogen-bond acceptors (Lipinski definition) is 3. The number of ether oxygens (including phenoxy) is 1. The second-order valence-electron chi connectivity index (χ2n) is 4.35. The van der Waals surface area contributed by atoms with E-state index in [0.29, 0.717) is 6.42 Å². The third-order valence-corrected chi connectivity index (χ3v) is 3.24. The van der Waals surface area contributed by atoms with E-state index >= 15 is 0 Å². The Balaban J connectivity index is 2.34. The van der Waals surface area contributed by atoms with E-state index in [4.69, 9.17) is 4.74 Å². The molecule has 0 aliphatic heterocycles. The Morgan fingerprint density at radius 2 is 2.17 bits per heavy atom. The first kappa shape index (κ1) is 12.6. The van der Waals surface area contributed by atoms with Gasteiger partial charge in [-0.15, -0.1) is 0 Å². The highest BCUT2D eigenvalue weighted by Crippen LogP contribution is 2.21. The lowest BCUT2D eigenvalue weighted by atomic mass is 10.1. The lowest BCUT2D eigenvalue weighted by molar-refractivity contribution is -0.142. The standard InChI is InChI=1S/C14H18N2O2/c1-15-12(14(17)18-3)8-10-9-16(2)13-7-5-4-6-11(10)13/h4-7,9,12,15H,8H2,1-3H3/t12-/m0/s1. The van der Waals surface area contributed by atoms with Crippen molar-refractivity contribution in [3.05, 3.63) is 36.0 Å². The molecule has 1 atom stereocenters. The lowest BCUT2D eigenvalue weighted by Gasteiger charge is -2.12. The number of aromatic nitrogens is 1. The van der Waals surface area contributed by atoms with E-state index in [2.05, 4.69) is 28.2 Å². The van der Waals surface area contributed by atoms with Crippen molar-refractivity contribution in [1.29, 1.82) is 0 Å². The maximum atomic E-state index is 11.6. The van der Waals surface area contributed by atoms with Crippen LogP contribution in [0.1, 0.15) is 5.56 Å². The van der Waals surface area contributed by atoms with Crippen LogP contribution in [-0.2, 0) is 23.0 Å². The van der Waals surface area contributed by atoms with E-state index < -0.39 is 0 Å². The molecule has 1 aromatic heterocycles. The zero-order valence-electron chi connectivity index (χ0n) is 10.9. The van der Waals surface area contributed by atoms with Crippen LogP contribution in [0.3, 0.4) is 0 Å². The first-order valence-electron chi connectivity index (χ1n) is 5.95. The first-order valence-corrected chi connectivity index (χ1v) is 5.95. The van der Waals surface area contributed by atoms with Gasteiger partial charge in [0.2, 0.25) is 0 Å². The average Bonchev–Trinajstić information content (AvgIpc) is 2.72. The number of nitrogens with one attached hydrogen (secondary N) is 1. The van der Waals surface area contributed by atoms with Gasteiger partial charge in [-0.05, 0) is 18.7 Å². The van der Waals surface area contributed by atoms with Crippen molar-refractivity contribution in [3.8, 4) is 0 Å². The Labute approximate surface area is 107 Å². The maximum Gasteiger partial charge on any atom is 0.323 e. The molecule has 0 spiro atoms. The zero-order chi connectivity index (χ0) is 13.1. The number of aryl methyl sites for hydroxylation is 1. The number of para-hydroxylation sites is 1. The number of carbonyl (C=O) groups excluding carboxylic acids is 1. The number of rotatable bonds is 4. The van der Waals surface area contributed by atoms with Crippen LogP contribution in [0.4, 0.5) is 0 Å². The van der Waals surface area contributed by atoms with Crippen LogP contribution in [0.25, 0.3) is 10.9 Å². The van der Waals surface area contributed by atoms with E-state index in [0.717, 1.165) is 5.56 Å². The van der Waals surface area contributed by atoms with E-state index in [1.807, 2.05) is 19.2 Å². The molecule has 1 aromatic carbocycles. The highest BCUT2D eigenvalue weighted by molar-refractivity contribution is 5.85. The zero-order valence-corrected chi connectivity index (χ0v) is 10.9. The van der Waals surface area contributed by atoms with Crippen LogP contribution in [0.5, 0.6) is 0 Å². The molecule has 2 rings (SSSR count). The fourth-order valence-electron chi connectivity index (χ4n) is 2.25. The van der Waals surface area contributed by atoms with Crippen molar-refractivity contribution in [1.82, 2.24) is 9.88 Å². The minimum absolute atomic E-state index is 0.231. The van der Waals surface area contributed by atoms with Gasteiger partial charge >= 0.3 is 5.97 Å². The molecule has 4 heteroatoms. The molecule has 0 saturated carbocycles. The van der Waals surface area contributed by atoms with Crippen LogP contribution >= 0.6 is 0 Å². The molecule has 0 radical (unpaired) electrons. The molecule has 0 unspecified atom stereocenters. The van der Waals surface area contributed by atoms with Crippen molar-refractivity contribution < 1.29 is 9.53 Å². The molecule has 0 bridgehead atoms. The molecular formula is C14H18N2O2. The molecule has 2 aromatic rings. The highest BCUT2D eigenvalue weighted by atomic mass is 16.5. The van der Waals surface area contributed by atoms with Gasteiger partial charge in [-0.25, -0.2) is 0 Å². The average molecular weight is 246 g/mol. The second kappa shape index (κ2) is 5.23. The van der Waals surface area contributed by atoms with Crippen LogP contribution < -0.4 is 5.32 Å². The van der Waals surface area contributed by atoms with Gasteiger partial charge in [0.25, 0.3) is 0 Å². The molecule has 18 heavy (non-hydrogen) atoms. The molecule has 0 aliphatic carbocycles. The number of methoxy groups -OCH3 is 1. The molecule has 0 amide bonds. The Morgan fingerprint density at radius 3 is 2.83 bits per heavy atom. The van der Waals surface area contributed by atoms with E-state index in [1.165, 1.54) is 18.0 Å². The summed E-state index contributed by atoms with van der Waals surface area (Å²) in [6, 6.07) is 7.88. The summed E-state index contributed by atoms with van der Waals surface area (Å²) in [5.41, 5.74) is 2.32. The molecular weight excluding hydrogens is 228 g/mol. The van der Waals surface area contributed by atoms with Gasteiger partial charge < -0.3 is 14.6 Å². The van der Waals surface area contributed by atoms with Crippen molar-refractivity contribution in [3.63, 3.8) is 0 Å². The van der Waals surface area contributed by atoms with Crippen LogP contribution in [0.15, 0.2) is 30.5 Å². The predicted molar refractivity (Wildman–Crippen MR) is 71.5 cm³/mol. The molecule has 0 aliphatic rings. The van der Waals surface area contributed by atoms with E-state index in [9.17, 15) is 4.79 Å². The van der Waals surface area contributed by atoms with Crippen molar-refractivity contribution >= 4 is 16.9 Å². The van der Waals surface area contributed by atoms with Gasteiger partial charge in [0.05, 0.1) is 7.11 Å². The Bertz CT molecular complexity index is 560. The number of fused-ring (bicyclic) bond motifs is 1. The SMILES string of the molecule is CN[C@@H](Cc1cn(C)c2ccccc12)C(=O)OC. The highest BCUT2D eigenvalue weighted by Gasteiger charge is 2.19. The summed E-state index contributed by atoms with van der Waals surface area (Å²) in [6.07, 6.45) is 2.70. The van der Waals surface area contributed by atoms with Crippen molar-refractivity contribution in [2.24, 2.45) is 7.05 Å². The molecule has 4 nitrogen and oxygen atoms in total. The smallest absolute Gasteiger partial charge is 0.323 e. The third kappa shape index (κ3) is 2.24. The van der Waals surface area contributed by atoms with Crippen LogP contribution in [0, 0.1) is 0 Å². The summed E-state index contributed by atoms with van der Waals surface area (Å²) < 4.78 is 6.86. The van der Waals surface area contributed by atoms with E-state index in [1.54, 1.807) is 7.05 Å². The minimum Gasteiger partial charge on any atom is -0.468 e. The summed E-state index contributed by atoms with van der Waals surface area (Å²) >= 11 is 0. The summed E-state index contributed by atoms with van der Waals surface area (Å²) in [7, 11) is 5.20. The Hall–Kier alpha value is -1.81. The number of carbonyl (C=O) groups is 1. The van der Waals surface area contributed by atoms with Crippen LogP contribution in [-0.4, -0.2) is 30.7 Å². The number of benzene rings is 1. The summed E-state index contributed by atoms with van der Waals surface area (Å²) in [5, 5.41) is 4.18. The van der Waals surface area contributed by atoms with Gasteiger partial charge in [0.1, 0.15) is 6.04 Å². The Kier molecular flexibility index (Phi) is 3.67. The normalized spacial score (nSPS) is 12.6. The van der Waals surface area contributed by atoms with Gasteiger partial charge in [-0.1, -0.05) is 18.2 Å². The topological polar surface area (TPSA) is 43.3 Å². The number of hydrogen-bond donors (Lipinski definition) is 1. The minimum atomic E-state index is -0.305.